The number of rotatable bonds is 3. The predicted octanol–water partition coefficient (Wildman–Crippen LogP) is 4.76. The molecule has 31 heavy (non-hydrogen) atoms. The predicted molar refractivity (Wildman–Crippen MR) is 126 cm³/mol. The molecule has 2 aromatic heterocycles. The number of nitrogens with zero attached hydrogens (tertiary/aromatic N) is 3. The van der Waals surface area contributed by atoms with Crippen LogP contribution in [-0.2, 0) is 12.8 Å². The molecular formula is C26H29N5. The lowest BCUT2D eigenvalue weighted by Crippen LogP contribution is -2.23. The molecule has 0 saturated carbocycles. The number of nitrogens with two attached hydrogens (primary N) is 1. The van der Waals surface area contributed by atoms with Gasteiger partial charge in [-0.05, 0) is 66.5 Å². The minimum Gasteiger partial charge on any atom is -0.352 e. The van der Waals surface area contributed by atoms with Crippen LogP contribution in [-0.4, -0.2) is 28.5 Å². The third kappa shape index (κ3) is 3.70. The number of H-pyrrole nitrogens is 1. The van der Waals surface area contributed by atoms with Gasteiger partial charge in [0.2, 0.25) is 0 Å². The largest absolute Gasteiger partial charge is 0.352 e. The third-order valence-electron chi connectivity index (χ3n) is 6.78. The lowest BCUT2D eigenvalue weighted by atomic mass is 10.0. The minimum atomic E-state index is 0.402. The molecule has 2 unspecified atom stereocenters. The molecule has 5 nitrogen and oxygen atoms in total. The zero-order valence-electron chi connectivity index (χ0n) is 18.0. The minimum absolute atomic E-state index is 0.402. The zero-order valence-corrected chi connectivity index (χ0v) is 18.0. The number of hydrogen-bond donors (Lipinski definition) is 2. The number of anilines is 1. The van der Waals surface area contributed by atoms with Crippen LogP contribution in [0.1, 0.15) is 47.1 Å². The molecule has 0 radical (unpaired) electrons. The first kappa shape index (κ1) is 19.8. The van der Waals surface area contributed by atoms with E-state index < -0.39 is 0 Å². The Hall–Kier alpha value is -3.18. The van der Waals surface area contributed by atoms with Crippen molar-refractivity contribution in [3.63, 3.8) is 0 Å². The van der Waals surface area contributed by atoms with E-state index in [4.69, 9.17) is 5.73 Å². The molecule has 0 fully saturated rings. The van der Waals surface area contributed by atoms with Crippen molar-refractivity contribution in [2.45, 2.75) is 37.6 Å². The number of aryl methyl sites for hydroxylation is 2. The normalized spacial score (nSPS) is 18.9. The fourth-order valence-electron chi connectivity index (χ4n) is 5.11. The van der Waals surface area contributed by atoms with Crippen LogP contribution in [0.5, 0.6) is 0 Å². The third-order valence-corrected chi connectivity index (χ3v) is 6.78. The Morgan fingerprint density at radius 3 is 2.45 bits per heavy atom. The molecule has 2 atom stereocenters. The van der Waals surface area contributed by atoms with Crippen molar-refractivity contribution >= 4 is 16.9 Å². The van der Waals surface area contributed by atoms with Gasteiger partial charge in [-0.25, -0.2) is 9.97 Å². The van der Waals surface area contributed by atoms with Gasteiger partial charge in [0.25, 0.3) is 0 Å². The second-order valence-electron chi connectivity index (χ2n) is 8.47. The van der Waals surface area contributed by atoms with Gasteiger partial charge in [-0.1, -0.05) is 48.5 Å². The zero-order chi connectivity index (χ0) is 21.2. The summed E-state index contributed by atoms with van der Waals surface area (Å²) < 4.78 is 0. The Morgan fingerprint density at radius 1 is 0.935 bits per heavy atom. The first-order valence-corrected chi connectivity index (χ1v) is 11.1. The van der Waals surface area contributed by atoms with Gasteiger partial charge < -0.3 is 15.6 Å². The van der Waals surface area contributed by atoms with E-state index in [0.717, 1.165) is 36.2 Å². The van der Waals surface area contributed by atoms with Crippen molar-refractivity contribution in [3.05, 3.63) is 89.4 Å². The number of benzene rings is 2. The van der Waals surface area contributed by atoms with E-state index in [1.54, 1.807) is 6.33 Å². The molecular weight excluding hydrogens is 382 g/mol. The average Bonchev–Trinajstić information content (AvgIpc) is 3.56. The number of nitrogens with one attached hydrogen (secondary N) is 1. The number of aromatic amines is 1. The highest BCUT2D eigenvalue weighted by Crippen LogP contribution is 2.38. The molecule has 6 rings (SSSR count). The van der Waals surface area contributed by atoms with E-state index in [1.165, 1.54) is 35.1 Å². The Morgan fingerprint density at radius 2 is 1.65 bits per heavy atom. The summed E-state index contributed by atoms with van der Waals surface area (Å²) >= 11 is 0. The molecule has 158 valence electrons. The van der Waals surface area contributed by atoms with E-state index in [1.807, 2.05) is 12.3 Å². The number of aromatic nitrogens is 3. The smallest absolute Gasteiger partial charge is 0.142 e. The molecule has 2 aromatic carbocycles. The maximum atomic E-state index is 5.65. The van der Waals surface area contributed by atoms with Crippen LogP contribution in [0.2, 0.25) is 0 Å². The Bertz CT molecular complexity index is 1180. The van der Waals surface area contributed by atoms with Crippen LogP contribution in [0.15, 0.2) is 67.1 Å². The standard InChI is InChI=1S/C16H16N4.C10H13N/c1-20(14-7-6-11-4-2-3-5-12(11)14)16-13-8-9-17-15(13)18-10-19-16;11-7-9-6-5-8-3-1-2-4-10(8)9/h2-5,8-10,14H,6-7H2,1H3,(H,17,18,19);1-4,9H,5-7,11H2. The molecule has 5 heteroatoms. The summed E-state index contributed by atoms with van der Waals surface area (Å²) in [5.41, 5.74) is 12.4. The van der Waals surface area contributed by atoms with Crippen LogP contribution >= 0.6 is 0 Å². The molecule has 2 aliphatic rings. The SMILES string of the molecule is CN(c1ncnc2[nH]ccc12)C1CCc2ccccc21.NCC1CCc2ccccc21. The average molecular weight is 412 g/mol. The van der Waals surface area contributed by atoms with E-state index in [2.05, 4.69) is 75.4 Å². The summed E-state index contributed by atoms with van der Waals surface area (Å²) in [4.78, 5) is 14.2. The van der Waals surface area contributed by atoms with Crippen molar-refractivity contribution in [2.24, 2.45) is 5.73 Å². The molecule has 0 amide bonds. The van der Waals surface area contributed by atoms with Crippen LogP contribution in [0.4, 0.5) is 5.82 Å². The number of hydrogen-bond acceptors (Lipinski definition) is 4. The molecule has 4 aromatic rings. The van der Waals surface area contributed by atoms with Gasteiger partial charge in [0.15, 0.2) is 0 Å². The van der Waals surface area contributed by atoms with Crippen molar-refractivity contribution in [1.29, 1.82) is 0 Å². The van der Waals surface area contributed by atoms with Gasteiger partial charge in [-0.15, -0.1) is 0 Å². The van der Waals surface area contributed by atoms with Crippen molar-refractivity contribution in [1.82, 2.24) is 15.0 Å². The number of fused-ring (bicyclic) bond motifs is 3. The first-order chi connectivity index (χ1) is 15.3. The topological polar surface area (TPSA) is 70.8 Å². The Kier molecular flexibility index (Phi) is 5.43. The van der Waals surface area contributed by atoms with E-state index in [0.29, 0.717) is 12.0 Å². The summed E-state index contributed by atoms with van der Waals surface area (Å²) in [5.74, 6) is 1.63. The summed E-state index contributed by atoms with van der Waals surface area (Å²) in [5, 5.41) is 1.08. The Labute approximate surface area is 183 Å². The van der Waals surface area contributed by atoms with Gasteiger partial charge in [0.1, 0.15) is 17.8 Å². The van der Waals surface area contributed by atoms with E-state index >= 15 is 0 Å². The highest BCUT2D eigenvalue weighted by molar-refractivity contribution is 5.87. The van der Waals surface area contributed by atoms with Crippen LogP contribution in [0, 0.1) is 0 Å². The van der Waals surface area contributed by atoms with Gasteiger partial charge in [0, 0.05) is 13.2 Å². The molecule has 0 saturated heterocycles. The van der Waals surface area contributed by atoms with Gasteiger partial charge in [-0.2, -0.15) is 0 Å². The lowest BCUT2D eigenvalue weighted by Gasteiger charge is -2.26. The molecule has 2 aliphatic carbocycles. The van der Waals surface area contributed by atoms with Crippen molar-refractivity contribution < 1.29 is 0 Å². The van der Waals surface area contributed by atoms with Gasteiger partial charge >= 0.3 is 0 Å². The van der Waals surface area contributed by atoms with Crippen LogP contribution in [0.25, 0.3) is 11.0 Å². The summed E-state index contributed by atoms with van der Waals surface area (Å²) in [6, 6.07) is 19.8. The van der Waals surface area contributed by atoms with Crippen molar-refractivity contribution in [3.8, 4) is 0 Å². The molecule has 2 heterocycles. The maximum absolute atomic E-state index is 5.65. The first-order valence-electron chi connectivity index (χ1n) is 11.1. The summed E-state index contributed by atoms with van der Waals surface area (Å²) in [6.45, 7) is 0.803. The molecule has 0 spiro atoms. The highest BCUT2D eigenvalue weighted by atomic mass is 15.2. The van der Waals surface area contributed by atoms with Crippen LogP contribution < -0.4 is 10.6 Å². The second kappa shape index (κ2) is 8.52. The second-order valence-corrected chi connectivity index (χ2v) is 8.47. The molecule has 0 bridgehead atoms. The quantitative estimate of drug-likeness (QED) is 0.510. The fourth-order valence-corrected chi connectivity index (χ4v) is 5.11. The van der Waals surface area contributed by atoms with Crippen molar-refractivity contribution in [2.75, 3.05) is 18.5 Å². The summed E-state index contributed by atoms with van der Waals surface area (Å²) in [7, 11) is 2.13. The summed E-state index contributed by atoms with van der Waals surface area (Å²) in [6.07, 6.45) is 8.30. The Balaban J connectivity index is 0.000000157. The molecule has 0 aliphatic heterocycles. The van der Waals surface area contributed by atoms with Crippen LogP contribution in [0.3, 0.4) is 0 Å². The molecule has 3 N–H and O–H groups in total. The highest BCUT2D eigenvalue weighted by Gasteiger charge is 2.27. The van der Waals surface area contributed by atoms with E-state index in [9.17, 15) is 0 Å². The van der Waals surface area contributed by atoms with Gasteiger partial charge in [0.05, 0.1) is 11.4 Å². The van der Waals surface area contributed by atoms with E-state index in [-0.39, 0.29) is 0 Å². The van der Waals surface area contributed by atoms with Gasteiger partial charge in [-0.3, -0.25) is 0 Å². The monoisotopic (exact) mass is 411 g/mol. The fraction of sp³-hybridized carbons (Fsp3) is 0.308. The lowest BCUT2D eigenvalue weighted by molar-refractivity contribution is 0.657. The maximum Gasteiger partial charge on any atom is 0.142 e.